The van der Waals surface area contributed by atoms with Crippen molar-refractivity contribution in [3.8, 4) is 0 Å². The number of aromatic amines is 1. The average molecular weight is 288 g/mol. The van der Waals surface area contributed by atoms with Crippen molar-refractivity contribution in [2.75, 3.05) is 0 Å². The van der Waals surface area contributed by atoms with Crippen molar-refractivity contribution < 1.29 is 9.18 Å². The molecule has 0 unspecified atom stereocenters. The number of carbonyl (C=O) groups is 1. The molecule has 1 heterocycles. The minimum atomic E-state index is -0.678. The summed E-state index contributed by atoms with van der Waals surface area (Å²) in [6, 6.07) is 4.31. The van der Waals surface area contributed by atoms with E-state index in [1.807, 2.05) is 13.0 Å². The van der Waals surface area contributed by atoms with Gasteiger partial charge in [-0.2, -0.15) is 0 Å². The predicted octanol–water partition coefficient (Wildman–Crippen LogP) is 2.13. The summed E-state index contributed by atoms with van der Waals surface area (Å²) < 4.78 is 13.6. The van der Waals surface area contributed by atoms with Gasteiger partial charge in [0.05, 0.1) is 0 Å². The number of H-pyrrole nitrogens is 1. The van der Waals surface area contributed by atoms with Crippen molar-refractivity contribution in [3.63, 3.8) is 0 Å². The lowest BCUT2D eigenvalue weighted by Crippen LogP contribution is -2.18. The fraction of sp³-hybridized carbons (Fsp3) is 0.250. The molecule has 0 aliphatic carbocycles. The first kappa shape index (κ1) is 15.0. The van der Waals surface area contributed by atoms with E-state index in [1.165, 1.54) is 6.07 Å². The Morgan fingerprint density at radius 3 is 2.48 bits per heavy atom. The molecule has 0 radical (unpaired) electrons. The number of amides is 1. The minimum absolute atomic E-state index is 0.145. The van der Waals surface area contributed by atoms with Crippen molar-refractivity contribution in [2.45, 2.75) is 27.2 Å². The highest BCUT2D eigenvalue weighted by molar-refractivity contribution is 5.94. The van der Waals surface area contributed by atoms with Gasteiger partial charge in [0.25, 0.3) is 5.56 Å². The summed E-state index contributed by atoms with van der Waals surface area (Å²) in [7, 11) is 0. The number of aromatic nitrogens is 1. The topological polar surface area (TPSA) is 76.0 Å². The Balaban J connectivity index is 2.55. The minimum Gasteiger partial charge on any atom is -0.366 e. The van der Waals surface area contributed by atoms with E-state index in [1.54, 1.807) is 13.8 Å². The Morgan fingerprint density at radius 1 is 1.24 bits per heavy atom. The largest absolute Gasteiger partial charge is 0.366 e. The van der Waals surface area contributed by atoms with Crippen LogP contribution in [0, 0.1) is 26.6 Å². The first-order chi connectivity index (χ1) is 9.79. The molecule has 0 saturated heterocycles. The van der Waals surface area contributed by atoms with Crippen LogP contribution >= 0.6 is 0 Å². The molecule has 2 aromatic rings. The van der Waals surface area contributed by atoms with Crippen LogP contribution in [0.2, 0.25) is 0 Å². The summed E-state index contributed by atoms with van der Waals surface area (Å²) in [4.78, 5) is 26.1. The molecule has 0 aliphatic rings. The molecule has 1 amide bonds. The number of aryl methyl sites for hydroxylation is 2. The number of carbonyl (C=O) groups excluding carboxylic acids is 1. The predicted molar refractivity (Wildman–Crippen MR) is 79.0 cm³/mol. The van der Waals surface area contributed by atoms with E-state index in [0.717, 1.165) is 17.3 Å². The third kappa shape index (κ3) is 3.02. The first-order valence-electron chi connectivity index (χ1n) is 6.58. The molecule has 1 aromatic heterocycles. The molecule has 110 valence electrons. The Bertz CT molecular complexity index is 779. The van der Waals surface area contributed by atoms with E-state index in [0.29, 0.717) is 16.7 Å². The van der Waals surface area contributed by atoms with Crippen molar-refractivity contribution in [1.29, 1.82) is 0 Å². The van der Waals surface area contributed by atoms with Crippen LogP contribution in [-0.2, 0) is 6.42 Å². The van der Waals surface area contributed by atoms with Crippen molar-refractivity contribution in [1.82, 2.24) is 4.98 Å². The fourth-order valence-electron chi connectivity index (χ4n) is 2.47. The van der Waals surface area contributed by atoms with Gasteiger partial charge >= 0.3 is 0 Å². The summed E-state index contributed by atoms with van der Waals surface area (Å²) in [5.41, 5.74) is 8.55. The smallest absolute Gasteiger partial charge is 0.251 e. The van der Waals surface area contributed by atoms with Crippen LogP contribution in [0.3, 0.4) is 0 Å². The lowest BCUT2D eigenvalue weighted by atomic mass is 9.95. The lowest BCUT2D eigenvalue weighted by Gasteiger charge is -2.11. The Hall–Kier alpha value is -2.43. The van der Waals surface area contributed by atoms with Crippen molar-refractivity contribution in [2.24, 2.45) is 5.73 Å². The van der Waals surface area contributed by atoms with E-state index in [9.17, 15) is 14.0 Å². The quantitative estimate of drug-likeness (QED) is 0.907. The highest BCUT2D eigenvalue weighted by Gasteiger charge is 2.14. The number of hydrogen-bond donors (Lipinski definition) is 2. The number of halogens is 1. The zero-order valence-corrected chi connectivity index (χ0v) is 12.2. The van der Waals surface area contributed by atoms with E-state index < -0.39 is 11.7 Å². The van der Waals surface area contributed by atoms with Crippen LogP contribution in [0.4, 0.5) is 4.39 Å². The van der Waals surface area contributed by atoms with Crippen LogP contribution < -0.4 is 11.3 Å². The zero-order chi connectivity index (χ0) is 15.7. The average Bonchev–Trinajstić information content (AvgIpc) is 2.36. The van der Waals surface area contributed by atoms with Crippen molar-refractivity contribution in [3.05, 3.63) is 67.9 Å². The van der Waals surface area contributed by atoms with E-state index in [-0.39, 0.29) is 17.5 Å². The zero-order valence-electron chi connectivity index (χ0n) is 12.2. The molecule has 3 N–H and O–H groups in total. The molecular formula is C16H17FN2O2. The number of pyridine rings is 1. The van der Waals surface area contributed by atoms with Crippen molar-refractivity contribution >= 4 is 5.91 Å². The lowest BCUT2D eigenvalue weighted by molar-refractivity contribution is 0.0999. The number of hydrogen-bond acceptors (Lipinski definition) is 2. The highest BCUT2D eigenvalue weighted by atomic mass is 19.1. The second-order valence-corrected chi connectivity index (χ2v) is 5.22. The molecule has 0 spiro atoms. The number of primary amides is 1. The maximum absolute atomic E-state index is 13.6. The summed E-state index contributed by atoms with van der Waals surface area (Å²) in [5, 5.41) is 0. The van der Waals surface area contributed by atoms with E-state index >= 15 is 0 Å². The molecule has 21 heavy (non-hydrogen) atoms. The van der Waals surface area contributed by atoms with E-state index in [4.69, 9.17) is 5.73 Å². The maximum Gasteiger partial charge on any atom is 0.251 e. The standard InChI is InChI=1S/C16H17FN2O2/c1-8-4-9(2)19-16(21)13(8)6-11-5-12(17)7-14(10(11)3)15(18)20/h4-5,7H,6H2,1-3H3,(H2,18,20)(H,19,21). The summed E-state index contributed by atoms with van der Waals surface area (Å²) >= 11 is 0. The Morgan fingerprint density at radius 2 is 1.90 bits per heavy atom. The molecule has 0 atom stereocenters. The van der Waals surface area contributed by atoms with Gasteiger partial charge in [-0.25, -0.2) is 4.39 Å². The SMILES string of the molecule is Cc1cc(C)c(Cc2cc(F)cc(C(N)=O)c2C)c(=O)[nH]1. The monoisotopic (exact) mass is 288 g/mol. The van der Waals surface area contributed by atoms with Crippen LogP contribution in [0.15, 0.2) is 23.0 Å². The molecule has 1 aromatic carbocycles. The van der Waals surface area contributed by atoms with Gasteiger partial charge in [0.2, 0.25) is 5.91 Å². The van der Waals surface area contributed by atoms with Gasteiger partial charge in [-0.1, -0.05) is 0 Å². The normalized spacial score (nSPS) is 10.7. The second kappa shape index (κ2) is 5.52. The second-order valence-electron chi connectivity index (χ2n) is 5.22. The summed E-state index contributed by atoms with van der Waals surface area (Å²) in [5.74, 6) is -1.21. The molecule has 0 bridgehead atoms. The molecule has 0 fully saturated rings. The third-order valence-corrected chi connectivity index (χ3v) is 3.61. The maximum atomic E-state index is 13.6. The number of benzene rings is 1. The van der Waals surface area contributed by atoms with Gasteiger partial charge in [-0.05, 0) is 55.7 Å². The van der Waals surface area contributed by atoms with Crippen LogP contribution in [0.25, 0.3) is 0 Å². The number of rotatable bonds is 3. The molecule has 4 nitrogen and oxygen atoms in total. The Kier molecular flexibility index (Phi) is 3.93. The van der Waals surface area contributed by atoms with Crippen LogP contribution in [-0.4, -0.2) is 10.9 Å². The van der Waals surface area contributed by atoms with Gasteiger partial charge in [0, 0.05) is 23.2 Å². The molecule has 2 rings (SSSR count). The molecule has 5 heteroatoms. The van der Waals surface area contributed by atoms with Gasteiger partial charge in [0.1, 0.15) is 5.82 Å². The molecule has 0 saturated carbocycles. The van der Waals surface area contributed by atoms with Gasteiger partial charge in [-0.3, -0.25) is 9.59 Å². The van der Waals surface area contributed by atoms with Gasteiger partial charge in [0.15, 0.2) is 0 Å². The van der Waals surface area contributed by atoms with E-state index in [2.05, 4.69) is 4.98 Å². The van der Waals surface area contributed by atoms with Crippen LogP contribution in [0.1, 0.15) is 38.3 Å². The fourth-order valence-corrected chi connectivity index (χ4v) is 2.47. The highest BCUT2D eigenvalue weighted by Crippen LogP contribution is 2.19. The Labute approximate surface area is 121 Å². The molecule has 0 aliphatic heterocycles. The van der Waals surface area contributed by atoms with Crippen LogP contribution in [0.5, 0.6) is 0 Å². The first-order valence-corrected chi connectivity index (χ1v) is 6.58. The van der Waals surface area contributed by atoms with Gasteiger partial charge < -0.3 is 10.7 Å². The third-order valence-electron chi connectivity index (χ3n) is 3.61. The summed E-state index contributed by atoms with van der Waals surface area (Å²) in [6.45, 7) is 5.34. The molecular weight excluding hydrogens is 271 g/mol. The summed E-state index contributed by atoms with van der Waals surface area (Å²) in [6.07, 6.45) is 0.255. The van der Waals surface area contributed by atoms with Gasteiger partial charge in [-0.15, -0.1) is 0 Å². The number of nitrogens with one attached hydrogen (secondary N) is 1. The number of nitrogens with two attached hydrogens (primary N) is 1.